The molecule has 8 atom stereocenters. The van der Waals surface area contributed by atoms with Crippen molar-refractivity contribution in [2.24, 2.45) is 23.7 Å². The van der Waals surface area contributed by atoms with E-state index in [2.05, 4.69) is 28.9 Å². The fourth-order valence-corrected chi connectivity index (χ4v) is 7.60. The number of rotatable bonds is 9. The first-order valence-corrected chi connectivity index (χ1v) is 15.7. The van der Waals surface area contributed by atoms with Crippen LogP contribution in [0.4, 0.5) is 0 Å². The number of fused-ring (bicyclic) bond motifs is 3. The van der Waals surface area contributed by atoms with Crippen LogP contribution in [0.1, 0.15) is 62.5 Å². The van der Waals surface area contributed by atoms with E-state index in [0.29, 0.717) is 54.7 Å². The highest BCUT2D eigenvalue weighted by atomic mass is 17.3. The summed E-state index contributed by atoms with van der Waals surface area (Å²) in [4.78, 5) is 36.0. The summed E-state index contributed by atoms with van der Waals surface area (Å²) in [5, 5.41) is 9.09. The minimum atomic E-state index is -0.815. The molecule has 4 aliphatic heterocycles. The molecule has 0 unspecified atom stereocenters. The fourth-order valence-electron chi connectivity index (χ4n) is 7.60. The SMILES string of the molecule is COC(=O)c1cc2ccc(OCCn3cc(CCO[C@H]4O[C@@H]5O[C@@]6(C)CC[C@H]7[C@H](C)CC[C@@H]([C@H]4C)[C@@]57OO6)nn3)cc2oc1=O. The van der Waals surface area contributed by atoms with Gasteiger partial charge in [0.2, 0.25) is 5.79 Å². The number of esters is 1. The van der Waals surface area contributed by atoms with Crippen LogP contribution < -0.4 is 10.4 Å². The van der Waals surface area contributed by atoms with Crippen LogP contribution in [0.5, 0.6) is 5.75 Å². The van der Waals surface area contributed by atoms with Crippen LogP contribution in [0, 0.1) is 23.7 Å². The Morgan fingerprint density at radius 2 is 1.98 bits per heavy atom. The maximum absolute atomic E-state index is 12.1. The van der Waals surface area contributed by atoms with Gasteiger partial charge in [-0.1, -0.05) is 19.1 Å². The van der Waals surface area contributed by atoms with Gasteiger partial charge in [-0.3, -0.25) is 0 Å². The number of carbonyl (C=O) groups is 1. The van der Waals surface area contributed by atoms with Crippen LogP contribution in [0.25, 0.3) is 11.0 Å². The molecule has 4 saturated heterocycles. The number of aromatic nitrogens is 3. The molecule has 13 nitrogen and oxygen atoms in total. The predicted molar refractivity (Wildman–Crippen MR) is 156 cm³/mol. The minimum absolute atomic E-state index is 0.108. The topological polar surface area (TPSA) is 143 Å². The number of benzene rings is 1. The van der Waals surface area contributed by atoms with E-state index < -0.39 is 35.6 Å². The van der Waals surface area contributed by atoms with E-state index in [9.17, 15) is 9.59 Å². The smallest absolute Gasteiger partial charge is 0.351 e. The molecule has 13 heteroatoms. The van der Waals surface area contributed by atoms with E-state index in [-0.39, 0.29) is 17.4 Å². The van der Waals surface area contributed by atoms with Gasteiger partial charge in [0.15, 0.2) is 18.2 Å². The Hall–Kier alpha value is -3.36. The van der Waals surface area contributed by atoms with E-state index in [1.165, 1.54) is 13.2 Å². The monoisotopic (exact) mass is 625 g/mol. The second kappa shape index (κ2) is 11.8. The maximum Gasteiger partial charge on any atom is 0.351 e. The Bertz CT molecular complexity index is 1620. The Balaban J connectivity index is 0.922. The van der Waals surface area contributed by atoms with Crippen LogP contribution in [0.2, 0.25) is 0 Å². The lowest BCUT2D eigenvalue weighted by Gasteiger charge is -2.60. The molecule has 5 aliphatic rings. The first-order valence-electron chi connectivity index (χ1n) is 15.7. The summed E-state index contributed by atoms with van der Waals surface area (Å²) in [5.74, 6) is 0.104. The summed E-state index contributed by atoms with van der Waals surface area (Å²) in [6, 6.07) is 6.50. The van der Waals surface area contributed by atoms with Gasteiger partial charge in [0, 0.05) is 42.3 Å². The highest BCUT2D eigenvalue weighted by Gasteiger charge is 2.69. The van der Waals surface area contributed by atoms with E-state index >= 15 is 0 Å². The third-order valence-corrected chi connectivity index (χ3v) is 10.0. The van der Waals surface area contributed by atoms with E-state index in [1.807, 2.05) is 13.1 Å². The highest BCUT2D eigenvalue weighted by Crippen LogP contribution is 2.60. The van der Waals surface area contributed by atoms with Crippen molar-refractivity contribution in [3.8, 4) is 5.75 Å². The zero-order chi connectivity index (χ0) is 31.3. The Morgan fingerprint density at radius 1 is 1.11 bits per heavy atom. The number of carbonyl (C=O) groups excluding carboxylic acids is 1. The van der Waals surface area contributed by atoms with Gasteiger partial charge in [0.05, 0.1) is 26.0 Å². The first kappa shape index (κ1) is 30.3. The molecule has 1 spiro atoms. The van der Waals surface area contributed by atoms with Gasteiger partial charge in [-0.15, -0.1) is 5.10 Å². The average molecular weight is 626 g/mol. The van der Waals surface area contributed by atoms with Gasteiger partial charge in [-0.05, 0) is 56.2 Å². The molecule has 1 saturated carbocycles. The molecule has 6 heterocycles. The molecule has 2 bridgehead atoms. The van der Waals surface area contributed by atoms with Crippen LogP contribution in [0.3, 0.4) is 0 Å². The normalized spacial score (nSPS) is 33.9. The standard InChI is InChI=1S/C32H39N3O10/c1-18-5-8-25-19(2)29(42-30-32(25)24(18)9-11-31(3,43-30)44-45-32)40-13-10-21-17-35(34-33-21)12-14-39-22-7-6-20-15-23(27(36)38-4)28(37)41-26(20)16-22/h6-7,15-19,24-25,29-30H,5,8-14H2,1-4H3/t18-,19-,24+,25+,29+,30-,31-,32-/m1/s1. The minimum Gasteiger partial charge on any atom is -0.492 e. The molecule has 1 aliphatic carbocycles. The Kier molecular flexibility index (Phi) is 7.93. The number of hydrogen-bond donors (Lipinski definition) is 0. The molecule has 8 rings (SSSR count). The summed E-state index contributed by atoms with van der Waals surface area (Å²) in [5.41, 5.74) is -0.419. The zero-order valence-corrected chi connectivity index (χ0v) is 25.9. The van der Waals surface area contributed by atoms with Gasteiger partial charge >= 0.3 is 11.6 Å². The molecule has 1 aromatic carbocycles. The van der Waals surface area contributed by atoms with E-state index in [4.69, 9.17) is 33.1 Å². The van der Waals surface area contributed by atoms with Crippen molar-refractivity contribution in [1.82, 2.24) is 15.0 Å². The molecule has 0 N–H and O–H groups in total. The molecule has 3 aromatic rings. The van der Waals surface area contributed by atoms with Crippen LogP contribution in [0.15, 0.2) is 39.7 Å². The van der Waals surface area contributed by atoms with Crippen molar-refractivity contribution in [1.29, 1.82) is 0 Å². The van der Waals surface area contributed by atoms with Crippen molar-refractivity contribution in [3.05, 3.63) is 52.1 Å². The number of nitrogens with zero attached hydrogens (tertiary/aromatic N) is 3. The van der Waals surface area contributed by atoms with Crippen LogP contribution in [-0.4, -0.2) is 65.3 Å². The second-order valence-electron chi connectivity index (χ2n) is 12.9. The largest absolute Gasteiger partial charge is 0.492 e. The quantitative estimate of drug-likeness (QED) is 0.193. The summed E-state index contributed by atoms with van der Waals surface area (Å²) < 4.78 is 36.7. The lowest BCUT2D eigenvalue weighted by molar-refractivity contribution is -0.577. The van der Waals surface area contributed by atoms with E-state index in [0.717, 1.165) is 31.4 Å². The van der Waals surface area contributed by atoms with Crippen molar-refractivity contribution in [2.45, 2.75) is 83.4 Å². The van der Waals surface area contributed by atoms with Gasteiger partial charge < -0.3 is 28.1 Å². The molecular formula is C32H39N3O10. The third kappa shape index (κ3) is 5.44. The maximum atomic E-state index is 12.1. The van der Waals surface area contributed by atoms with Crippen LogP contribution in [-0.2, 0) is 41.7 Å². The fraction of sp³-hybridized carbons (Fsp3) is 0.625. The lowest BCUT2D eigenvalue weighted by Crippen LogP contribution is -2.70. The summed E-state index contributed by atoms with van der Waals surface area (Å²) in [6.07, 6.45) is 5.41. The van der Waals surface area contributed by atoms with Gasteiger partial charge in [-0.25, -0.2) is 24.0 Å². The molecule has 5 fully saturated rings. The first-order chi connectivity index (χ1) is 21.7. The average Bonchev–Trinajstić information content (AvgIpc) is 3.35. The summed E-state index contributed by atoms with van der Waals surface area (Å²) >= 11 is 0. The van der Waals surface area contributed by atoms with Gasteiger partial charge in [0.1, 0.15) is 23.5 Å². The molecule has 0 amide bonds. The van der Waals surface area contributed by atoms with Crippen molar-refractivity contribution >= 4 is 16.9 Å². The highest BCUT2D eigenvalue weighted by molar-refractivity contribution is 5.92. The molecule has 242 valence electrons. The molecule has 45 heavy (non-hydrogen) atoms. The summed E-state index contributed by atoms with van der Waals surface area (Å²) in [7, 11) is 1.21. The van der Waals surface area contributed by atoms with Crippen molar-refractivity contribution < 1.29 is 42.7 Å². The summed E-state index contributed by atoms with van der Waals surface area (Å²) in [6.45, 7) is 7.60. The van der Waals surface area contributed by atoms with Gasteiger partial charge in [0.25, 0.3) is 0 Å². The van der Waals surface area contributed by atoms with Crippen LogP contribution >= 0.6 is 0 Å². The number of hydrogen-bond acceptors (Lipinski definition) is 12. The van der Waals surface area contributed by atoms with E-state index in [1.54, 1.807) is 22.9 Å². The van der Waals surface area contributed by atoms with Gasteiger partial charge in [-0.2, -0.15) is 0 Å². The lowest BCUT2D eigenvalue weighted by atomic mass is 9.58. The number of ether oxygens (including phenoxy) is 5. The van der Waals surface area contributed by atoms with Crippen molar-refractivity contribution in [3.63, 3.8) is 0 Å². The van der Waals surface area contributed by atoms with Crippen molar-refractivity contribution in [2.75, 3.05) is 20.3 Å². The number of methoxy groups -OCH3 is 1. The molecule has 0 radical (unpaired) electrons. The molecular weight excluding hydrogens is 586 g/mol. The third-order valence-electron chi connectivity index (χ3n) is 10.0. The second-order valence-corrected chi connectivity index (χ2v) is 12.9. The Morgan fingerprint density at radius 3 is 2.82 bits per heavy atom. The molecule has 2 aromatic heterocycles. The Labute approximate surface area is 259 Å². The zero-order valence-electron chi connectivity index (χ0n) is 25.9. The predicted octanol–water partition coefficient (Wildman–Crippen LogP) is 4.02.